The fourth-order valence-corrected chi connectivity index (χ4v) is 3.38. The summed E-state index contributed by atoms with van der Waals surface area (Å²) in [5.41, 5.74) is 1.06. The van der Waals surface area contributed by atoms with Crippen molar-refractivity contribution in [2.45, 2.75) is 0 Å². The van der Waals surface area contributed by atoms with E-state index in [1.165, 1.54) is 24.3 Å². The van der Waals surface area contributed by atoms with Crippen molar-refractivity contribution in [3.05, 3.63) is 75.4 Å². The third-order valence-corrected chi connectivity index (χ3v) is 4.93. The molecule has 1 N–H and O–H groups in total. The molecule has 0 radical (unpaired) electrons. The molecular weight excluding hydrogens is 391 g/mol. The van der Waals surface area contributed by atoms with Gasteiger partial charge in [-0.05, 0) is 59.8 Å². The molecule has 0 atom stereocenters. The molecule has 1 heterocycles. The molecule has 0 unspecified atom stereocenters. The second-order valence-electron chi connectivity index (χ2n) is 5.65. The van der Waals surface area contributed by atoms with E-state index >= 15 is 0 Å². The number of thioether (sulfide) groups is 1. The highest BCUT2D eigenvalue weighted by atomic mass is 35.5. The Morgan fingerprint density at radius 3 is 2.44 bits per heavy atom. The standard InChI is InChI=1S/C19H14ClFN2O3S/c20-14-5-1-12(2-6-14)11-16-18(25)23(19(26)27-16)10-9-22-17(24)13-3-7-15(21)8-4-13/h1-8,11H,9-10H2,(H,22,24). The van der Waals surface area contributed by atoms with Crippen LogP contribution < -0.4 is 5.32 Å². The van der Waals surface area contributed by atoms with Crippen molar-refractivity contribution < 1.29 is 18.8 Å². The highest BCUT2D eigenvalue weighted by molar-refractivity contribution is 8.18. The molecule has 5 nitrogen and oxygen atoms in total. The van der Waals surface area contributed by atoms with Crippen LogP contribution in [0.4, 0.5) is 9.18 Å². The summed E-state index contributed by atoms with van der Waals surface area (Å²) in [5, 5.41) is 2.79. The van der Waals surface area contributed by atoms with Gasteiger partial charge in [-0.1, -0.05) is 23.7 Å². The molecule has 0 aromatic heterocycles. The molecule has 1 aliphatic rings. The maximum atomic E-state index is 12.9. The largest absolute Gasteiger partial charge is 0.350 e. The minimum atomic E-state index is -0.433. The Labute approximate surface area is 164 Å². The lowest BCUT2D eigenvalue weighted by Gasteiger charge is -2.13. The minimum absolute atomic E-state index is 0.0511. The molecule has 2 aromatic carbocycles. The molecular formula is C19H14ClFN2O3S. The Morgan fingerprint density at radius 1 is 1.11 bits per heavy atom. The van der Waals surface area contributed by atoms with E-state index in [1.807, 2.05) is 0 Å². The summed E-state index contributed by atoms with van der Waals surface area (Å²) in [6.07, 6.45) is 1.62. The lowest BCUT2D eigenvalue weighted by molar-refractivity contribution is -0.122. The predicted molar refractivity (Wildman–Crippen MR) is 103 cm³/mol. The Balaban J connectivity index is 1.58. The molecule has 1 fully saturated rings. The van der Waals surface area contributed by atoms with Crippen molar-refractivity contribution in [1.29, 1.82) is 0 Å². The predicted octanol–water partition coefficient (Wildman–Crippen LogP) is 3.95. The number of hydrogen-bond donors (Lipinski definition) is 1. The summed E-state index contributed by atoms with van der Waals surface area (Å²) >= 11 is 6.68. The van der Waals surface area contributed by atoms with Gasteiger partial charge in [0.15, 0.2) is 0 Å². The van der Waals surface area contributed by atoms with Crippen LogP contribution >= 0.6 is 23.4 Å². The van der Waals surface area contributed by atoms with Crippen molar-refractivity contribution in [3.8, 4) is 0 Å². The zero-order valence-electron chi connectivity index (χ0n) is 13.9. The van der Waals surface area contributed by atoms with Crippen LogP contribution in [0, 0.1) is 5.82 Å². The maximum absolute atomic E-state index is 12.9. The molecule has 1 saturated heterocycles. The number of halogens is 2. The van der Waals surface area contributed by atoms with Gasteiger partial charge in [0.1, 0.15) is 5.82 Å². The van der Waals surface area contributed by atoms with Gasteiger partial charge >= 0.3 is 0 Å². The van der Waals surface area contributed by atoms with Crippen molar-refractivity contribution in [3.63, 3.8) is 0 Å². The molecule has 3 amide bonds. The van der Waals surface area contributed by atoms with Gasteiger partial charge in [0.05, 0.1) is 4.91 Å². The number of nitrogens with one attached hydrogen (secondary N) is 1. The number of carbonyl (C=O) groups excluding carboxylic acids is 3. The van der Waals surface area contributed by atoms with Gasteiger partial charge in [-0.3, -0.25) is 19.3 Å². The van der Waals surface area contributed by atoms with Crippen LogP contribution in [0.3, 0.4) is 0 Å². The van der Waals surface area contributed by atoms with Gasteiger partial charge in [-0.25, -0.2) is 4.39 Å². The lowest BCUT2D eigenvalue weighted by atomic mass is 10.2. The van der Waals surface area contributed by atoms with Gasteiger partial charge in [-0.2, -0.15) is 0 Å². The molecule has 2 aromatic rings. The van der Waals surface area contributed by atoms with E-state index in [0.29, 0.717) is 15.5 Å². The smallest absolute Gasteiger partial charge is 0.293 e. The quantitative estimate of drug-likeness (QED) is 0.766. The summed E-state index contributed by atoms with van der Waals surface area (Å²) in [6, 6.07) is 12.0. The topological polar surface area (TPSA) is 66.5 Å². The van der Waals surface area contributed by atoms with Gasteiger partial charge in [0.2, 0.25) is 0 Å². The van der Waals surface area contributed by atoms with Crippen molar-refractivity contribution in [2.24, 2.45) is 0 Å². The average molecular weight is 405 g/mol. The Kier molecular flexibility index (Phi) is 5.93. The van der Waals surface area contributed by atoms with E-state index in [9.17, 15) is 18.8 Å². The van der Waals surface area contributed by atoms with Crippen molar-refractivity contribution in [1.82, 2.24) is 10.2 Å². The summed E-state index contributed by atoms with van der Waals surface area (Å²) in [6.45, 7) is 0.151. The summed E-state index contributed by atoms with van der Waals surface area (Å²) in [4.78, 5) is 37.8. The molecule has 0 aliphatic carbocycles. The van der Waals surface area contributed by atoms with Gasteiger partial charge in [0, 0.05) is 23.7 Å². The summed E-state index contributed by atoms with van der Waals surface area (Å²) < 4.78 is 12.9. The van der Waals surface area contributed by atoms with E-state index in [1.54, 1.807) is 30.3 Å². The van der Waals surface area contributed by atoms with Gasteiger partial charge < -0.3 is 5.32 Å². The lowest BCUT2D eigenvalue weighted by Crippen LogP contribution is -2.37. The normalized spacial score (nSPS) is 15.5. The number of nitrogens with zero attached hydrogens (tertiary/aromatic N) is 1. The highest BCUT2D eigenvalue weighted by Gasteiger charge is 2.34. The molecule has 3 rings (SSSR count). The SMILES string of the molecule is O=C(NCCN1C(=O)SC(=Cc2ccc(Cl)cc2)C1=O)c1ccc(F)cc1. The first-order valence-corrected chi connectivity index (χ1v) is 9.18. The average Bonchev–Trinajstić information content (AvgIpc) is 2.91. The molecule has 138 valence electrons. The minimum Gasteiger partial charge on any atom is -0.350 e. The van der Waals surface area contributed by atoms with Crippen LogP contribution in [0.2, 0.25) is 5.02 Å². The van der Waals surface area contributed by atoms with Gasteiger partial charge in [0.25, 0.3) is 17.1 Å². The zero-order chi connectivity index (χ0) is 19.4. The van der Waals surface area contributed by atoms with Crippen LogP contribution in [0.1, 0.15) is 15.9 Å². The number of hydrogen-bond acceptors (Lipinski definition) is 4. The van der Waals surface area contributed by atoms with Crippen LogP contribution in [0.15, 0.2) is 53.4 Å². The molecule has 0 saturated carbocycles. The number of benzene rings is 2. The molecule has 1 aliphatic heterocycles. The first-order chi connectivity index (χ1) is 12.9. The van der Waals surface area contributed by atoms with Crippen LogP contribution in [0.5, 0.6) is 0 Å². The summed E-state index contributed by atoms with van der Waals surface area (Å²) in [7, 11) is 0. The van der Waals surface area contributed by atoms with Crippen LogP contribution in [-0.4, -0.2) is 35.0 Å². The molecule has 27 heavy (non-hydrogen) atoms. The second kappa shape index (κ2) is 8.37. The number of imide groups is 1. The van der Waals surface area contributed by atoms with E-state index in [-0.39, 0.29) is 13.1 Å². The van der Waals surface area contributed by atoms with Crippen LogP contribution in [0.25, 0.3) is 6.08 Å². The van der Waals surface area contributed by atoms with Crippen LogP contribution in [-0.2, 0) is 4.79 Å². The van der Waals surface area contributed by atoms with Crippen molar-refractivity contribution in [2.75, 3.05) is 13.1 Å². The van der Waals surface area contributed by atoms with Crippen molar-refractivity contribution >= 4 is 46.5 Å². The maximum Gasteiger partial charge on any atom is 0.293 e. The van der Waals surface area contributed by atoms with E-state index < -0.39 is 22.9 Å². The van der Waals surface area contributed by atoms with E-state index in [2.05, 4.69) is 5.32 Å². The Bertz CT molecular complexity index is 914. The monoisotopic (exact) mass is 404 g/mol. The highest BCUT2D eigenvalue weighted by Crippen LogP contribution is 2.32. The van der Waals surface area contributed by atoms with E-state index in [4.69, 9.17) is 11.6 Å². The summed E-state index contributed by atoms with van der Waals surface area (Å²) in [5.74, 6) is -1.24. The second-order valence-corrected chi connectivity index (χ2v) is 7.08. The first-order valence-electron chi connectivity index (χ1n) is 7.99. The fourth-order valence-electron chi connectivity index (χ4n) is 2.39. The third kappa shape index (κ3) is 4.75. The van der Waals surface area contributed by atoms with E-state index in [0.717, 1.165) is 22.2 Å². The first kappa shape index (κ1) is 19.1. The fraction of sp³-hybridized carbons (Fsp3) is 0.105. The number of rotatable bonds is 5. The number of carbonyl (C=O) groups is 3. The molecule has 0 spiro atoms. The number of amides is 3. The zero-order valence-corrected chi connectivity index (χ0v) is 15.5. The Morgan fingerprint density at radius 2 is 1.78 bits per heavy atom. The molecule has 8 heteroatoms. The molecule has 0 bridgehead atoms. The Hall–Kier alpha value is -2.64. The van der Waals surface area contributed by atoms with Gasteiger partial charge in [-0.15, -0.1) is 0 Å². The third-order valence-electron chi connectivity index (χ3n) is 3.77.